The first-order chi connectivity index (χ1) is 16.9. The standard InChI is InChI=1S/C25H26BrClF2N2O2S2/c26-19-10-22(29)24(11-20(19)27)35-31-7-5-14(6-8-31)13-33-23-12-21(28)18(9-17(23)15-1-2-15)25(32)30-34-16-3-4-16/h9-12,14-16H,1-8,13H2,(H,30,32). The smallest absolute Gasteiger partial charge is 0.264 e. The van der Waals surface area contributed by atoms with E-state index >= 15 is 0 Å². The maximum absolute atomic E-state index is 14.8. The summed E-state index contributed by atoms with van der Waals surface area (Å²) in [6, 6.07) is 6.10. The topological polar surface area (TPSA) is 41.6 Å². The third-order valence-corrected chi connectivity index (χ3v) is 9.89. The van der Waals surface area contributed by atoms with Gasteiger partial charge in [0.1, 0.15) is 17.4 Å². The lowest BCUT2D eigenvalue weighted by molar-refractivity contribution is 0.0980. The highest BCUT2D eigenvalue weighted by molar-refractivity contribution is 9.10. The van der Waals surface area contributed by atoms with Crippen LogP contribution in [0, 0.1) is 17.6 Å². The van der Waals surface area contributed by atoms with Gasteiger partial charge in [0, 0.05) is 28.9 Å². The number of benzene rings is 2. The molecule has 1 saturated heterocycles. The van der Waals surface area contributed by atoms with Gasteiger partial charge in [-0.3, -0.25) is 9.52 Å². The van der Waals surface area contributed by atoms with Crippen LogP contribution < -0.4 is 9.46 Å². The SMILES string of the molecule is O=C(NSC1CC1)c1cc(C2CC2)c(OCC2CCN(Sc3cc(Cl)c(Br)cc3F)CC2)cc1F. The van der Waals surface area contributed by atoms with Crippen LogP contribution >= 0.6 is 51.4 Å². The Morgan fingerprint density at radius 2 is 1.83 bits per heavy atom. The van der Waals surface area contributed by atoms with Crippen LogP contribution in [0.3, 0.4) is 0 Å². The molecule has 0 atom stereocenters. The van der Waals surface area contributed by atoms with Gasteiger partial charge >= 0.3 is 0 Å². The van der Waals surface area contributed by atoms with E-state index in [9.17, 15) is 13.6 Å². The Kier molecular flexibility index (Phi) is 8.18. The summed E-state index contributed by atoms with van der Waals surface area (Å²) in [5.41, 5.74) is 1.03. The Hall–Kier alpha value is -1.00. The van der Waals surface area contributed by atoms with Gasteiger partial charge in [0.2, 0.25) is 0 Å². The van der Waals surface area contributed by atoms with Gasteiger partial charge in [0.05, 0.1) is 22.1 Å². The summed E-state index contributed by atoms with van der Waals surface area (Å²) in [5.74, 6) is 0.00710. The van der Waals surface area contributed by atoms with E-state index < -0.39 is 5.82 Å². The van der Waals surface area contributed by atoms with E-state index in [0.717, 1.165) is 57.2 Å². The molecule has 3 aliphatic rings. The summed E-state index contributed by atoms with van der Waals surface area (Å²) in [7, 11) is 0. The lowest BCUT2D eigenvalue weighted by Crippen LogP contribution is -2.31. The number of carbonyl (C=O) groups is 1. The van der Waals surface area contributed by atoms with Crippen LogP contribution in [0.2, 0.25) is 5.02 Å². The molecule has 4 nitrogen and oxygen atoms in total. The van der Waals surface area contributed by atoms with Crippen LogP contribution in [-0.2, 0) is 0 Å². The molecule has 2 aromatic carbocycles. The predicted octanol–water partition coefficient (Wildman–Crippen LogP) is 7.60. The molecule has 2 aromatic rings. The highest BCUT2D eigenvalue weighted by Gasteiger charge is 2.31. The molecule has 5 rings (SSSR count). The van der Waals surface area contributed by atoms with E-state index in [2.05, 4.69) is 25.0 Å². The first kappa shape index (κ1) is 25.6. The quantitative estimate of drug-likeness (QED) is 0.236. The lowest BCUT2D eigenvalue weighted by atomic mass is 9.99. The molecule has 0 radical (unpaired) electrons. The molecule has 1 heterocycles. The second-order valence-corrected chi connectivity index (χ2v) is 12.9. The van der Waals surface area contributed by atoms with E-state index in [1.807, 2.05) is 0 Å². The van der Waals surface area contributed by atoms with Gasteiger partial charge in [-0.15, -0.1) is 0 Å². The van der Waals surface area contributed by atoms with Gasteiger partial charge in [0.15, 0.2) is 0 Å². The Balaban J connectivity index is 1.16. The number of halogens is 4. The van der Waals surface area contributed by atoms with E-state index in [4.69, 9.17) is 16.3 Å². The van der Waals surface area contributed by atoms with Gasteiger partial charge in [-0.1, -0.05) is 11.6 Å². The molecule has 0 unspecified atom stereocenters. The van der Waals surface area contributed by atoms with Crippen molar-refractivity contribution < 1.29 is 18.3 Å². The van der Waals surface area contributed by atoms with Crippen molar-refractivity contribution in [2.45, 2.75) is 54.6 Å². The minimum Gasteiger partial charge on any atom is -0.493 e. The van der Waals surface area contributed by atoms with Crippen LogP contribution in [-0.4, -0.2) is 35.2 Å². The number of amides is 1. The van der Waals surface area contributed by atoms with Crippen LogP contribution in [0.4, 0.5) is 8.78 Å². The third kappa shape index (κ3) is 6.66. The van der Waals surface area contributed by atoms with Gasteiger partial charge in [-0.2, -0.15) is 0 Å². The number of rotatable bonds is 9. The summed E-state index contributed by atoms with van der Waals surface area (Å²) in [4.78, 5) is 13.0. The summed E-state index contributed by atoms with van der Waals surface area (Å²) >= 11 is 12.1. The van der Waals surface area contributed by atoms with Crippen molar-refractivity contribution in [3.63, 3.8) is 0 Å². The number of nitrogens with one attached hydrogen (secondary N) is 1. The average Bonchev–Trinajstić information content (AvgIpc) is 3.75. The molecule has 0 aromatic heterocycles. The number of hydrogen-bond acceptors (Lipinski definition) is 5. The molecule has 2 aliphatic carbocycles. The Morgan fingerprint density at radius 3 is 2.51 bits per heavy atom. The van der Waals surface area contributed by atoms with Gasteiger partial charge in [-0.25, -0.2) is 13.1 Å². The largest absolute Gasteiger partial charge is 0.493 e. The molecule has 188 valence electrons. The summed E-state index contributed by atoms with van der Waals surface area (Å²) < 4.78 is 40.7. The van der Waals surface area contributed by atoms with Crippen molar-refractivity contribution in [2.24, 2.45) is 5.92 Å². The predicted molar refractivity (Wildman–Crippen MR) is 141 cm³/mol. The number of hydrogen-bond donors (Lipinski definition) is 1. The molecule has 0 spiro atoms. The van der Waals surface area contributed by atoms with Gasteiger partial charge in [-0.05, 0) is 114 Å². The Bertz CT molecular complexity index is 1110. The molecule has 35 heavy (non-hydrogen) atoms. The first-order valence-corrected chi connectivity index (χ1v) is 14.7. The van der Waals surface area contributed by atoms with Gasteiger partial charge in [0.25, 0.3) is 5.91 Å². The summed E-state index contributed by atoms with van der Waals surface area (Å²) in [5, 5.41) is 0.949. The zero-order valence-corrected chi connectivity index (χ0v) is 23.0. The van der Waals surface area contributed by atoms with Crippen molar-refractivity contribution in [1.82, 2.24) is 9.03 Å². The third-order valence-electron chi connectivity index (χ3n) is 6.45. The number of ether oxygens (including phenoxy) is 1. The summed E-state index contributed by atoms with van der Waals surface area (Å²) in [6.45, 7) is 2.10. The second kappa shape index (κ2) is 11.2. The van der Waals surface area contributed by atoms with Crippen LogP contribution in [0.1, 0.15) is 60.4 Å². The Morgan fingerprint density at radius 1 is 1.09 bits per heavy atom. The molecule has 1 N–H and O–H groups in total. The van der Waals surface area contributed by atoms with Gasteiger partial charge < -0.3 is 4.74 Å². The van der Waals surface area contributed by atoms with Crippen LogP contribution in [0.25, 0.3) is 0 Å². The average molecular weight is 604 g/mol. The van der Waals surface area contributed by atoms with E-state index in [0.29, 0.717) is 43.8 Å². The molecule has 10 heteroatoms. The van der Waals surface area contributed by atoms with Crippen LogP contribution in [0.5, 0.6) is 5.75 Å². The maximum atomic E-state index is 14.8. The fourth-order valence-electron chi connectivity index (χ4n) is 4.05. The number of carbonyl (C=O) groups excluding carboxylic acids is 1. The van der Waals surface area contributed by atoms with E-state index in [1.165, 1.54) is 36.0 Å². The molecule has 1 aliphatic heterocycles. The monoisotopic (exact) mass is 602 g/mol. The maximum Gasteiger partial charge on any atom is 0.264 e. The van der Waals surface area contributed by atoms with Crippen molar-refractivity contribution in [3.8, 4) is 5.75 Å². The highest BCUT2D eigenvalue weighted by atomic mass is 79.9. The fraction of sp³-hybridized carbons (Fsp3) is 0.480. The van der Waals surface area contributed by atoms with E-state index in [-0.39, 0.29) is 17.3 Å². The molecule has 1 amide bonds. The zero-order valence-electron chi connectivity index (χ0n) is 19.0. The lowest BCUT2D eigenvalue weighted by Gasteiger charge is -2.31. The van der Waals surface area contributed by atoms with Crippen molar-refractivity contribution in [2.75, 3.05) is 19.7 Å². The fourth-order valence-corrected chi connectivity index (χ4v) is 6.34. The minimum atomic E-state index is -0.542. The van der Waals surface area contributed by atoms with E-state index in [1.54, 1.807) is 12.1 Å². The number of piperidine rings is 1. The van der Waals surface area contributed by atoms with Crippen molar-refractivity contribution >= 4 is 57.3 Å². The van der Waals surface area contributed by atoms with Crippen molar-refractivity contribution in [1.29, 1.82) is 0 Å². The second-order valence-electron chi connectivity index (χ2n) is 9.36. The molecule has 2 saturated carbocycles. The molecular formula is C25H26BrClF2N2O2S2. The van der Waals surface area contributed by atoms with Crippen molar-refractivity contribution in [3.05, 3.63) is 56.5 Å². The minimum absolute atomic E-state index is 0.0954. The Labute approximate surface area is 226 Å². The van der Waals surface area contributed by atoms with Crippen LogP contribution in [0.15, 0.2) is 33.6 Å². The molecule has 0 bridgehead atoms. The highest BCUT2D eigenvalue weighted by Crippen LogP contribution is 2.45. The zero-order chi connectivity index (χ0) is 24.5. The molecular weight excluding hydrogens is 578 g/mol. The summed E-state index contributed by atoms with van der Waals surface area (Å²) in [6.07, 6.45) is 6.07. The normalized spacial score (nSPS) is 19.1. The number of nitrogens with zero attached hydrogens (tertiary/aromatic N) is 1. The first-order valence-electron chi connectivity index (χ1n) is 11.9. The molecule has 3 fully saturated rings.